The van der Waals surface area contributed by atoms with Gasteiger partial charge in [0.05, 0.1) is 7.11 Å². The van der Waals surface area contributed by atoms with Gasteiger partial charge in [-0.25, -0.2) is 0 Å². The number of phenols is 1. The van der Waals surface area contributed by atoms with E-state index in [1.54, 1.807) is 13.2 Å². The number of fused-ring (bicyclic) bond motifs is 1. The van der Waals surface area contributed by atoms with Gasteiger partial charge in [0.25, 0.3) is 0 Å². The maximum atomic E-state index is 9.80. The van der Waals surface area contributed by atoms with E-state index in [1.165, 1.54) is 24.0 Å². The number of methoxy groups -OCH3 is 1. The highest BCUT2D eigenvalue weighted by Crippen LogP contribution is 2.36. The third-order valence-corrected chi connectivity index (χ3v) is 4.76. The van der Waals surface area contributed by atoms with E-state index in [2.05, 4.69) is 23.5 Å². The van der Waals surface area contributed by atoms with Crippen LogP contribution in [0.4, 0.5) is 0 Å². The van der Waals surface area contributed by atoms with Gasteiger partial charge in [-0.05, 0) is 67.0 Å². The summed E-state index contributed by atoms with van der Waals surface area (Å²) in [4.78, 5) is 0. The molecule has 1 aliphatic rings. The number of hydrogen-bond donors (Lipinski definition) is 2. The maximum Gasteiger partial charge on any atom is 0.122 e. The van der Waals surface area contributed by atoms with Gasteiger partial charge in [0.2, 0.25) is 0 Å². The summed E-state index contributed by atoms with van der Waals surface area (Å²) in [6.45, 7) is 1.86. The average molecular weight is 348 g/mol. The smallest absolute Gasteiger partial charge is 0.122 e. The molecule has 0 aromatic heterocycles. The maximum absolute atomic E-state index is 9.80. The molecule has 0 spiro atoms. The monoisotopic (exact) mass is 347 g/mol. The summed E-state index contributed by atoms with van der Waals surface area (Å²) in [6.07, 6.45) is 4.42. The molecule has 24 heavy (non-hydrogen) atoms. The minimum atomic E-state index is 0. The lowest BCUT2D eigenvalue weighted by molar-refractivity contribution is 0.401. The topological polar surface area (TPSA) is 41.5 Å². The van der Waals surface area contributed by atoms with Gasteiger partial charge >= 0.3 is 0 Å². The fourth-order valence-electron chi connectivity index (χ4n) is 3.54. The summed E-state index contributed by atoms with van der Waals surface area (Å²) >= 11 is 0. The summed E-state index contributed by atoms with van der Waals surface area (Å²) in [5.41, 5.74) is 3.82. The normalized spacial score (nSPS) is 16.1. The molecule has 3 rings (SSSR count). The van der Waals surface area contributed by atoms with Crippen molar-refractivity contribution in [3.63, 3.8) is 0 Å². The number of nitrogens with one attached hydrogen (secondary N) is 1. The number of hydrogen-bond acceptors (Lipinski definition) is 3. The van der Waals surface area contributed by atoms with Crippen LogP contribution < -0.4 is 10.1 Å². The first kappa shape index (κ1) is 18.6. The van der Waals surface area contributed by atoms with E-state index in [-0.39, 0.29) is 12.4 Å². The number of ether oxygens (including phenoxy) is 1. The van der Waals surface area contributed by atoms with Crippen LogP contribution in [0.1, 0.15) is 35.4 Å². The molecule has 0 heterocycles. The predicted octanol–water partition coefficient (Wildman–Crippen LogP) is 4.07. The lowest BCUT2D eigenvalue weighted by Crippen LogP contribution is -2.26. The molecule has 0 aliphatic heterocycles. The molecule has 1 aliphatic carbocycles. The van der Waals surface area contributed by atoms with Gasteiger partial charge in [0.1, 0.15) is 11.5 Å². The first-order chi connectivity index (χ1) is 11.3. The van der Waals surface area contributed by atoms with Gasteiger partial charge in [-0.15, -0.1) is 12.4 Å². The SMILES string of the molecule is COc1cccc2c1CCC[C@@H]2CNCCc1ccccc1O.Cl. The van der Waals surface area contributed by atoms with Crippen molar-refractivity contribution in [3.05, 3.63) is 59.2 Å². The zero-order chi connectivity index (χ0) is 16.1. The molecule has 0 saturated carbocycles. The van der Waals surface area contributed by atoms with Crippen molar-refractivity contribution in [1.29, 1.82) is 0 Å². The van der Waals surface area contributed by atoms with Gasteiger partial charge in [-0.1, -0.05) is 30.3 Å². The Balaban J connectivity index is 0.00000208. The molecule has 0 radical (unpaired) electrons. The van der Waals surface area contributed by atoms with Crippen LogP contribution >= 0.6 is 12.4 Å². The summed E-state index contributed by atoms with van der Waals surface area (Å²) in [5.74, 6) is 1.97. The minimum absolute atomic E-state index is 0. The summed E-state index contributed by atoms with van der Waals surface area (Å²) in [7, 11) is 1.75. The van der Waals surface area contributed by atoms with Crippen LogP contribution in [-0.2, 0) is 12.8 Å². The highest BCUT2D eigenvalue weighted by atomic mass is 35.5. The van der Waals surface area contributed by atoms with Crippen LogP contribution in [0.2, 0.25) is 0 Å². The van der Waals surface area contributed by atoms with Crippen LogP contribution in [0, 0.1) is 0 Å². The number of rotatable bonds is 6. The average Bonchev–Trinajstić information content (AvgIpc) is 2.59. The van der Waals surface area contributed by atoms with Crippen LogP contribution in [-0.4, -0.2) is 25.3 Å². The Labute approximate surface area is 150 Å². The number of aromatic hydroxyl groups is 1. The lowest BCUT2D eigenvalue weighted by atomic mass is 9.82. The Kier molecular flexibility index (Phi) is 6.95. The molecule has 2 aromatic rings. The van der Waals surface area contributed by atoms with Gasteiger partial charge in [-0.3, -0.25) is 0 Å². The summed E-state index contributed by atoms with van der Waals surface area (Å²) < 4.78 is 5.51. The van der Waals surface area contributed by atoms with Crippen molar-refractivity contribution in [2.24, 2.45) is 0 Å². The molecule has 0 bridgehead atoms. The zero-order valence-corrected chi connectivity index (χ0v) is 14.9. The van der Waals surface area contributed by atoms with E-state index < -0.39 is 0 Å². The molecule has 1 atom stereocenters. The zero-order valence-electron chi connectivity index (χ0n) is 14.1. The molecule has 2 aromatic carbocycles. The summed E-state index contributed by atoms with van der Waals surface area (Å²) in [5, 5.41) is 13.4. The standard InChI is InChI=1S/C20H25NO2.ClH/c1-23-20-11-5-8-17-16(7-4-9-18(17)20)14-21-13-12-15-6-2-3-10-19(15)22;/h2-3,5-6,8,10-11,16,21-22H,4,7,9,12-14H2,1H3;1H/t16-;/m1./s1. The number of para-hydroxylation sites is 1. The van der Waals surface area contributed by atoms with Crippen LogP contribution in [0.15, 0.2) is 42.5 Å². The quantitative estimate of drug-likeness (QED) is 0.774. The van der Waals surface area contributed by atoms with Crippen LogP contribution in [0.3, 0.4) is 0 Å². The second kappa shape index (κ2) is 8.95. The third kappa shape index (κ3) is 4.22. The van der Waals surface area contributed by atoms with Gasteiger partial charge in [-0.2, -0.15) is 0 Å². The second-order valence-corrected chi connectivity index (χ2v) is 6.20. The predicted molar refractivity (Wildman–Crippen MR) is 101 cm³/mol. The Bertz CT molecular complexity index is 660. The van der Waals surface area contributed by atoms with Crippen LogP contribution in [0.5, 0.6) is 11.5 Å². The van der Waals surface area contributed by atoms with Gasteiger partial charge in [0, 0.05) is 6.54 Å². The number of phenolic OH excluding ortho intramolecular Hbond substituents is 1. The fourth-order valence-corrected chi connectivity index (χ4v) is 3.54. The molecule has 0 saturated heterocycles. The van der Waals surface area contributed by atoms with Gasteiger partial charge in [0.15, 0.2) is 0 Å². The van der Waals surface area contributed by atoms with Crippen molar-refractivity contribution in [2.75, 3.05) is 20.2 Å². The second-order valence-electron chi connectivity index (χ2n) is 6.20. The first-order valence-corrected chi connectivity index (χ1v) is 8.43. The van der Waals surface area contributed by atoms with Gasteiger partial charge < -0.3 is 15.2 Å². The van der Waals surface area contributed by atoms with Crippen molar-refractivity contribution in [1.82, 2.24) is 5.32 Å². The largest absolute Gasteiger partial charge is 0.508 e. The van der Waals surface area contributed by atoms with E-state index in [1.807, 2.05) is 18.2 Å². The summed E-state index contributed by atoms with van der Waals surface area (Å²) in [6, 6.07) is 14.0. The van der Waals surface area contributed by atoms with Crippen LogP contribution in [0.25, 0.3) is 0 Å². The lowest BCUT2D eigenvalue weighted by Gasteiger charge is -2.27. The third-order valence-electron chi connectivity index (χ3n) is 4.76. The first-order valence-electron chi connectivity index (χ1n) is 8.43. The molecule has 0 amide bonds. The van der Waals surface area contributed by atoms with Crippen molar-refractivity contribution < 1.29 is 9.84 Å². The molecule has 4 heteroatoms. The molecular formula is C20H26ClNO2. The Morgan fingerprint density at radius 2 is 2.00 bits per heavy atom. The van der Waals surface area contributed by atoms with E-state index >= 15 is 0 Å². The molecule has 0 fully saturated rings. The molecule has 2 N–H and O–H groups in total. The molecule has 0 unspecified atom stereocenters. The van der Waals surface area contributed by atoms with E-state index in [9.17, 15) is 5.11 Å². The van der Waals surface area contributed by atoms with E-state index in [0.29, 0.717) is 11.7 Å². The fraction of sp³-hybridized carbons (Fsp3) is 0.400. The van der Waals surface area contributed by atoms with E-state index in [4.69, 9.17) is 4.74 Å². The highest BCUT2D eigenvalue weighted by molar-refractivity contribution is 5.85. The Hall–Kier alpha value is -1.71. The molecule has 130 valence electrons. The van der Waals surface area contributed by atoms with Crippen molar-refractivity contribution in [2.45, 2.75) is 31.6 Å². The van der Waals surface area contributed by atoms with E-state index in [0.717, 1.165) is 37.2 Å². The molecule has 3 nitrogen and oxygen atoms in total. The highest BCUT2D eigenvalue weighted by Gasteiger charge is 2.22. The number of benzene rings is 2. The number of halogens is 1. The van der Waals surface area contributed by atoms with Crippen molar-refractivity contribution >= 4 is 12.4 Å². The minimum Gasteiger partial charge on any atom is -0.508 e. The molecular weight excluding hydrogens is 322 g/mol. The Morgan fingerprint density at radius 1 is 1.17 bits per heavy atom. The van der Waals surface area contributed by atoms with Crippen molar-refractivity contribution in [3.8, 4) is 11.5 Å². The Morgan fingerprint density at radius 3 is 2.79 bits per heavy atom.